The molecule has 1 amide bonds. The molecule has 1 aliphatic carbocycles. The first kappa shape index (κ1) is 16.1. The van der Waals surface area contributed by atoms with Crippen LogP contribution in [0.4, 0.5) is 4.79 Å². The molecule has 1 N–H and O–H groups in total. The fourth-order valence-corrected chi connectivity index (χ4v) is 3.82. The van der Waals surface area contributed by atoms with Gasteiger partial charge in [0.15, 0.2) is 5.82 Å². The Kier molecular flexibility index (Phi) is 3.95. The van der Waals surface area contributed by atoms with Crippen molar-refractivity contribution in [2.24, 2.45) is 0 Å². The number of hydrogen-bond donors (Lipinski definition) is 1. The van der Waals surface area contributed by atoms with E-state index in [1.807, 2.05) is 10.6 Å². The highest BCUT2D eigenvalue weighted by Gasteiger charge is 2.31. The van der Waals surface area contributed by atoms with Crippen LogP contribution in [-0.4, -0.2) is 36.6 Å². The predicted octanol–water partition coefficient (Wildman–Crippen LogP) is 3.14. The van der Waals surface area contributed by atoms with Crippen LogP contribution in [-0.2, 0) is 17.9 Å². The van der Waals surface area contributed by atoms with Crippen LogP contribution in [0.2, 0.25) is 5.02 Å². The van der Waals surface area contributed by atoms with Crippen LogP contribution in [0.25, 0.3) is 5.69 Å². The standard InChI is InChI=1S/C17H17ClN4O3/c18-12-3-6-14-11(7-12)8-21(17(24)25)9-15-19-20-16(22(14)15)10-1-4-13(23)5-2-10/h3,6-7,10H,1-2,4-5,8-9H2,(H,24,25). The number of carboxylic acid groups (broad SMARTS) is 1. The minimum Gasteiger partial charge on any atom is -0.465 e. The molecule has 0 radical (unpaired) electrons. The summed E-state index contributed by atoms with van der Waals surface area (Å²) >= 11 is 6.12. The number of ketones is 1. The first-order valence-electron chi connectivity index (χ1n) is 8.25. The lowest BCUT2D eigenvalue weighted by molar-refractivity contribution is -0.120. The Hall–Kier alpha value is -2.41. The maximum absolute atomic E-state index is 11.6. The average Bonchev–Trinajstić information content (AvgIpc) is 2.91. The van der Waals surface area contributed by atoms with Gasteiger partial charge in [0.2, 0.25) is 0 Å². The first-order valence-corrected chi connectivity index (χ1v) is 8.63. The Morgan fingerprint density at radius 1 is 1.20 bits per heavy atom. The molecule has 8 heteroatoms. The van der Waals surface area contributed by atoms with E-state index >= 15 is 0 Å². The van der Waals surface area contributed by atoms with Gasteiger partial charge in [-0.25, -0.2) is 4.79 Å². The van der Waals surface area contributed by atoms with Crippen LogP contribution in [0.15, 0.2) is 18.2 Å². The molecule has 1 aliphatic heterocycles. The minimum atomic E-state index is -1.01. The molecule has 1 saturated carbocycles. The summed E-state index contributed by atoms with van der Waals surface area (Å²) in [5.74, 6) is 1.84. The third-order valence-electron chi connectivity index (χ3n) is 4.91. The van der Waals surface area contributed by atoms with Crippen molar-refractivity contribution in [3.63, 3.8) is 0 Å². The summed E-state index contributed by atoms with van der Waals surface area (Å²) in [5, 5.41) is 18.6. The molecule has 25 heavy (non-hydrogen) atoms. The van der Waals surface area contributed by atoms with E-state index < -0.39 is 6.09 Å². The number of hydrogen-bond acceptors (Lipinski definition) is 4. The van der Waals surface area contributed by atoms with Gasteiger partial charge < -0.3 is 5.11 Å². The van der Waals surface area contributed by atoms with Gasteiger partial charge in [-0.2, -0.15) is 0 Å². The molecule has 2 aliphatic rings. The predicted molar refractivity (Wildman–Crippen MR) is 89.9 cm³/mol. The maximum Gasteiger partial charge on any atom is 0.408 e. The fourth-order valence-electron chi connectivity index (χ4n) is 3.62. The van der Waals surface area contributed by atoms with E-state index in [1.165, 1.54) is 4.90 Å². The van der Waals surface area contributed by atoms with E-state index in [0.717, 1.165) is 29.9 Å². The Morgan fingerprint density at radius 3 is 2.68 bits per heavy atom. The second-order valence-electron chi connectivity index (χ2n) is 6.53. The zero-order valence-electron chi connectivity index (χ0n) is 13.5. The number of rotatable bonds is 1. The van der Waals surface area contributed by atoms with Gasteiger partial charge in [0.05, 0.1) is 18.8 Å². The van der Waals surface area contributed by atoms with E-state index in [4.69, 9.17) is 11.6 Å². The number of nitrogens with zero attached hydrogens (tertiary/aromatic N) is 4. The lowest BCUT2D eigenvalue weighted by Crippen LogP contribution is -2.27. The normalized spacial score (nSPS) is 17.8. The van der Waals surface area contributed by atoms with Crippen molar-refractivity contribution in [3.8, 4) is 5.69 Å². The number of halogens is 1. The molecule has 2 aromatic rings. The fraction of sp³-hybridized carbons (Fsp3) is 0.412. The van der Waals surface area contributed by atoms with Crippen LogP contribution in [0.3, 0.4) is 0 Å². The second kappa shape index (κ2) is 6.15. The number of Topliss-reactive ketones (excluding diaryl/α,β-unsaturated/α-hetero) is 1. The van der Waals surface area contributed by atoms with Crippen molar-refractivity contribution in [3.05, 3.63) is 40.4 Å². The molecule has 7 nitrogen and oxygen atoms in total. The van der Waals surface area contributed by atoms with Crippen LogP contribution in [0.1, 0.15) is 48.8 Å². The van der Waals surface area contributed by atoms with Gasteiger partial charge >= 0.3 is 6.09 Å². The Labute approximate surface area is 149 Å². The summed E-state index contributed by atoms with van der Waals surface area (Å²) in [6.07, 6.45) is 1.61. The molecule has 0 bridgehead atoms. The lowest BCUT2D eigenvalue weighted by atomic mass is 9.87. The molecule has 2 heterocycles. The molecule has 1 aromatic heterocycles. The monoisotopic (exact) mass is 360 g/mol. The van der Waals surface area contributed by atoms with Gasteiger partial charge in [-0.15, -0.1) is 10.2 Å². The van der Waals surface area contributed by atoms with Crippen molar-refractivity contribution in [2.45, 2.75) is 44.7 Å². The topological polar surface area (TPSA) is 88.3 Å². The molecule has 130 valence electrons. The summed E-state index contributed by atoms with van der Waals surface area (Å²) in [5.41, 5.74) is 1.68. The molecular weight excluding hydrogens is 344 g/mol. The van der Waals surface area contributed by atoms with Crippen molar-refractivity contribution >= 4 is 23.5 Å². The van der Waals surface area contributed by atoms with Gasteiger partial charge in [-0.05, 0) is 36.6 Å². The molecule has 1 fully saturated rings. The van der Waals surface area contributed by atoms with E-state index in [-0.39, 0.29) is 24.8 Å². The number of benzene rings is 1. The van der Waals surface area contributed by atoms with E-state index in [2.05, 4.69) is 10.2 Å². The summed E-state index contributed by atoms with van der Waals surface area (Å²) in [6.45, 7) is 0.414. The van der Waals surface area contributed by atoms with Gasteiger partial charge in [0, 0.05) is 23.8 Å². The Balaban J connectivity index is 1.83. The Morgan fingerprint density at radius 2 is 1.96 bits per heavy atom. The molecule has 1 aromatic carbocycles. The lowest BCUT2D eigenvalue weighted by Gasteiger charge is -2.21. The van der Waals surface area contributed by atoms with E-state index in [0.29, 0.717) is 23.7 Å². The second-order valence-corrected chi connectivity index (χ2v) is 6.97. The quantitative estimate of drug-likeness (QED) is 0.843. The molecule has 4 rings (SSSR count). The van der Waals surface area contributed by atoms with Crippen molar-refractivity contribution in [1.82, 2.24) is 19.7 Å². The van der Waals surface area contributed by atoms with Gasteiger partial charge in [-0.3, -0.25) is 14.3 Å². The van der Waals surface area contributed by atoms with Crippen molar-refractivity contribution in [1.29, 1.82) is 0 Å². The number of carbonyl (C=O) groups excluding carboxylic acids is 1. The van der Waals surface area contributed by atoms with Crippen LogP contribution in [0.5, 0.6) is 0 Å². The third kappa shape index (κ3) is 2.89. The highest BCUT2D eigenvalue weighted by atomic mass is 35.5. The van der Waals surface area contributed by atoms with Crippen LogP contribution < -0.4 is 0 Å². The minimum absolute atomic E-state index is 0.152. The summed E-state index contributed by atoms with van der Waals surface area (Å²) in [4.78, 5) is 24.4. The number of carbonyl (C=O) groups is 2. The van der Waals surface area contributed by atoms with Gasteiger partial charge in [0.25, 0.3) is 0 Å². The van der Waals surface area contributed by atoms with Gasteiger partial charge in [-0.1, -0.05) is 11.6 Å². The summed E-state index contributed by atoms with van der Waals surface area (Å²) in [6, 6.07) is 5.46. The molecule has 0 saturated heterocycles. The average molecular weight is 361 g/mol. The van der Waals surface area contributed by atoms with Crippen LogP contribution in [0, 0.1) is 0 Å². The van der Waals surface area contributed by atoms with Gasteiger partial charge in [0.1, 0.15) is 11.6 Å². The zero-order chi connectivity index (χ0) is 17.6. The summed E-state index contributed by atoms with van der Waals surface area (Å²) in [7, 11) is 0. The highest BCUT2D eigenvalue weighted by Crippen LogP contribution is 2.35. The highest BCUT2D eigenvalue weighted by molar-refractivity contribution is 6.30. The number of amides is 1. The molecule has 0 atom stereocenters. The zero-order valence-corrected chi connectivity index (χ0v) is 14.2. The summed E-state index contributed by atoms with van der Waals surface area (Å²) < 4.78 is 1.95. The van der Waals surface area contributed by atoms with E-state index in [9.17, 15) is 14.7 Å². The number of aromatic nitrogens is 3. The number of fused-ring (bicyclic) bond motifs is 3. The molecular formula is C17H17ClN4O3. The molecule has 0 unspecified atom stereocenters. The molecule has 0 spiro atoms. The van der Waals surface area contributed by atoms with Crippen molar-refractivity contribution < 1.29 is 14.7 Å². The largest absolute Gasteiger partial charge is 0.465 e. The first-order chi connectivity index (χ1) is 12.0. The third-order valence-corrected chi connectivity index (χ3v) is 5.15. The van der Waals surface area contributed by atoms with Crippen molar-refractivity contribution in [2.75, 3.05) is 0 Å². The Bertz CT molecular complexity index is 854. The maximum atomic E-state index is 11.6. The van der Waals surface area contributed by atoms with E-state index in [1.54, 1.807) is 12.1 Å². The SMILES string of the molecule is O=C1CCC(c2nnc3n2-c2ccc(Cl)cc2CN(C(=O)O)C3)CC1. The smallest absolute Gasteiger partial charge is 0.408 e. The van der Waals surface area contributed by atoms with Crippen LogP contribution >= 0.6 is 11.6 Å².